The van der Waals surface area contributed by atoms with E-state index in [1.807, 2.05) is 13.0 Å². The smallest absolute Gasteiger partial charge is 0.269 e. The average Bonchev–Trinajstić information content (AvgIpc) is 3.41. The number of aromatic nitrogens is 2. The topological polar surface area (TPSA) is 63.9 Å². The van der Waals surface area contributed by atoms with E-state index in [0.29, 0.717) is 20.6 Å². The van der Waals surface area contributed by atoms with Crippen LogP contribution in [0.5, 0.6) is 11.6 Å². The number of thioether (sulfide) groups is 1. The van der Waals surface area contributed by atoms with Crippen molar-refractivity contribution in [2.75, 3.05) is 0 Å². The van der Waals surface area contributed by atoms with Crippen LogP contribution in [0.4, 0.5) is 4.39 Å². The van der Waals surface area contributed by atoms with Crippen LogP contribution in [0.25, 0.3) is 11.7 Å². The van der Waals surface area contributed by atoms with E-state index in [1.165, 1.54) is 46.5 Å². The molecule has 168 valence electrons. The first-order valence-electron chi connectivity index (χ1n) is 10.6. The van der Waals surface area contributed by atoms with E-state index in [0.717, 1.165) is 31.2 Å². The molecular weight excluding hydrogens is 461 g/mol. The molecule has 0 N–H and O–H groups in total. The van der Waals surface area contributed by atoms with E-state index in [1.54, 1.807) is 17.2 Å². The van der Waals surface area contributed by atoms with Crippen LogP contribution in [0.2, 0.25) is 0 Å². The number of aryl methyl sites for hydroxylation is 1. The lowest BCUT2D eigenvalue weighted by molar-refractivity contribution is -0.123. The van der Waals surface area contributed by atoms with Gasteiger partial charge in [-0.25, -0.2) is 4.39 Å². The van der Waals surface area contributed by atoms with Gasteiger partial charge in [0, 0.05) is 12.2 Å². The number of thiocarbonyl (C=S) groups is 1. The zero-order valence-electron chi connectivity index (χ0n) is 17.8. The molecule has 1 aromatic carbocycles. The Bertz CT molecular complexity index is 1360. The Morgan fingerprint density at radius 1 is 1.18 bits per heavy atom. The molecule has 1 aliphatic carbocycles. The second-order valence-electron chi connectivity index (χ2n) is 8.07. The Hall–Kier alpha value is -3.04. The molecule has 6 nitrogen and oxygen atoms in total. The van der Waals surface area contributed by atoms with Crippen molar-refractivity contribution in [3.8, 4) is 11.6 Å². The number of pyridine rings is 1. The fourth-order valence-electron chi connectivity index (χ4n) is 4.20. The zero-order chi connectivity index (χ0) is 23.1. The van der Waals surface area contributed by atoms with E-state index in [4.69, 9.17) is 17.0 Å². The van der Waals surface area contributed by atoms with Crippen LogP contribution in [0.1, 0.15) is 36.8 Å². The van der Waals surface area contributed by atoms with Gasteiger partial charge in [-0.05, 0) is 61.7 Å². The highest BCUT2D eigenvalue weighted by molar-refractivity contribution is 8.26. The summed E-state index contributed by atoms with van der Waals surface area (Å²) < 4.78 is 21.2. The van der Waals surface area contributed by atoms with Crippen LogP contribution >= 0.6 is 24.0 Å². The number of ether oxygens (including phenoxy) is 1. The van der Waals surface area contributed by atoms with Gasteiger partial charge in [0.15, 0.2) is 0 Å². The Kier molecular flexibility index (Phi) is 5.76. The summed E-state index contributed by atoms with van der Waals surface area (Å²) in [7, 11) is 0. The van der Waals surface area contributed by atoms with Crippen molar-refractivity contribution >= 4 is 45.9 Å². The van der Waals surface area contributed by atoms with Gasteiger partial charge in [-0.3, -0.25) is 18.9 Å². The average molecular weight is 482 g/mol. The van der Waals surface area contributed by atoms with Crippen LogP contribution in [0.15, 0.2) is 52.3 Å². The molecule has 5 rings (SSSR count). The number of rotatable bonds is 4. The zero-order valence-corrected chi connectivity index (χ0v) is 19.4. The molecule has 9 heteroatoms. The van der Waals surface area contributed by atoms with Gasteiger partial charge in [0.1, 0.15) is 27.1 Å². The molecule has 1 saturated heterocycles. The van der Waals surface area contributed by atoms with Gasteiger partial charge in [0.25, 0.3) is 11.5 Å². The van der Waals surface area contributed by atoms with Crippen LogP contribution in [0.3, 0.4) is 0 Å². The van der Waals surface area contributed by atoms with E-state index in [-0.39, 0.29) is 29.0 Å². The summed E-state index contributed by atoms with van der Waals surface area (Å²) in [6.45, 7) is 1.84. The van der Waals surface area contributed by atoms with Gasteiger partial charge in [-0.15, -0.1) is 0 Å². The van der Waals surface area contributed by atoms with Gasteiger partial charge < -0.3 is 4.74 Å². The van der Waals surface area contributed by atoms with Crippen molar-refractivity contribution in [3.05, 3.63) is 74.8 Å². The Balaban J connectivity index is 1.62. The lowest BCUT2D eigenvalue weighted by Gasteiger charge is -2.21. The summed E-state index contributed by atoms with van der Waals surface area (Å²) in [5.41, 5.74) is 0.995. The maximum absolute atomic E-state index is 13.4. The van der Waals surface area contributed by atoms with E-state index < -0.39 is 5.82 Å². The Morgan fingerprint density at radius 3 is 2.64 bits per heavy atom. The highest BCUT2D eigenvalue weighted by Crippen LogP contribution is 2.38. The van der Waals surface area contributed by atoms with Crippen molar-refractivity contribution in [2.45, 2.75) is 38.6 Å². The SMILES string of the molecule is Cc1cccn2c(=O)c(/C=C3/SC(=S)N(C4CCCC4)C3=O)c(Oc3ccc(F)cc3)nc12. The van der Waals surface area contributed by atoms with E-state index in [2.05, 4.69) is 4.98 Å². The third-order valence-electron chi connectivity index (χ3n) is 5.87. The van der Waals surface area contributed by atoms with Gasteiger partial charge >= 0.3 is 0 Å². The highest BCUT2D eigenvalue weighted by atomic mass is 32.2. The molecule has 3 heterocycles. The minimum absolute atomic E-state index is 0.0482. The minimum Gasteiger partial charge on any atom is -0.438 e. The molecule has 0 bridgehead atoms. The number of carbonyl (C=O) groups is 1. The summed E-state index contributed by atoms with van der Waals surface area (Å²) in [6, 6.07) is 9.16. The van der Waals surface area contributed by atoms with Gasteiger partial charge in [-0.1, -0.05) is 42.9 Å². The quantitative estimate of drug-likeness (QED) is 0.383. The lowest BCUT2D eigenvalue weighted by atomic mass is 10.2. The molecule has 2 fully saturated rings. The fraction of sp³-hybridized carbons (Fsp3) is 0.250. The van der Waals surface area contributed by atoms with Crippen LogP contribution in [0, 0.1) is 12.7 Å². The van der Waals surface area contributed by atoms with Gasteiger partial charge in [0.2, 0.25) is 5.88 Å². The molecule has 0 spiro atoms. The van der Waals surface area contributed by atoms with Crippen molar-refractivity contribution in [2.24, 2.45) is 0 Å². The molecule has 0 unspecified atom stereocenters. The third-order valence-corrected chi connectivity index (χ3v) is 7.20. The number of benzene rings is 1. The number of hydrogen-bond donors (Lipinski definition) is 0. The molecule has 0 atom stereocenters. The maximum atomic E-state index is 13.4. The number of carbonyl (C=O) groups excluding carboxylic acids is 1. The van der Waals surface area contributed by atoms with Crippen molar-refractivity contribution in [1.29, 1.82) is 0 Å². The molecule has 33 heavy (non-hydrogen) atoms. The van der Waals surface area contributed by atoms with Crippen LogP contribution < -0.4 is 10.3 Å². The lowest BCUT2D eigenvalue weighted by Crippen LogP contribution is -2.36. The molecule has 1 saturated carbocycles. The van der Waals surface area contributed by atoms with Crippen LogP contribution in [-0.2, 0) is 4.79 Å². The van der Waals surface area contributed by atoms with Crippen molar-refractivity contribution in [3.63, 3.8) is 0 Å². The Labute approximate surface area is 199 Å². The largest absolute Gasteiger partial charge is 0.438 e. The predicted molar refractivity (Wildman–Crippen MR) is 130 cm³/mol. The number of halogens is 1. The summed E-state index contributed by atoms with van der Waals surface area (Å²) in [5.74, 6) is -0.222. The standard InChI is InChI=1S/C24H20FN3O3S2/c1-14-5-4-12-27-20(14)26-21(31-17-10-8-15(25)9-11-17)18(22(27)29)13-19-23(30)28(24(32)33-19)16-6-2-3-7-16/h4-5,8-13,16H,2-3,6-7H2,1H3/b19-13+. The van der Waals surface area contributed by atoms with Crippen molar-refractivity contribution < 1.29 is 13.9 Å². The predicted octanol–water partition coefficient (Wildman–Crippen LogP) is 5.08. The second-order valence-corrected chi connectivity index (χ2v) is 9.74. The molecule has 1 aliphatic heterocycles. The molecule has 3 aromatic rings. The fourth-order valence-corrected chi connectivity index (χ4v) is 5.58. The van der Waals surface area contributed by atoms with Gasteiger partial charge in [0.05, 0.1) is 4.91 Å². The first-order valence-corrected chi connectivity index (χ1v) is 11.9. The molecular formula is C24H20FN3O3S2. The van der Waals surface area contributed by atoms with Crippen LogP contribution in [-0.4, -0.2) is 30.6 Å². The summed E-state index contributed by atoms with van der Waals surface area (Å²) >= 11 is 6.67. The molecule has 0 radical (unpaired) electrons. The minimum atomic E-state index is -0.402. The number of hydrogen-bond acceptors (Lipinski definition) is 6. The third kappa shape index (κ3) is 4.06. The number of nitrogens with zero attached hydrogens (tertiary/aromatic N) is 3. The Morgan fingerprint density at radius 2 is 1.91 bits per heavy atom. The first-order chi connectivity index (χ1) is 15.9. The van der Waals surface area contributed by atoms with Crippen molar-refractivity contribution in [1.82, 2.24) is 14.3 Å². The molecule has 2 aliphatic rings. The first kappa shape index (κ1) is 21.8. The van der Waals surface area contributed by atoms with E-state index in [9.17, 15) is 14.0 Å². The summed E-state index contributed by atoms with van der Waals surface area (Å²) in [5, 5.41) is 0. The summed E-state index contributed by atoms with van der Waals surface area (Å²) in [4.78, 5) is 33.2. The molecule has 2 aromatic heterocycles. The second kappa shape index (κ2) is 8.72. The van der Waals surface area contributed by atoms with Gasteiger partial charge in [-0.2, -0.15) is 4.98 Å². The number of amides is 1. The molecule has 1 amide bonds. The number of fused-ring (bicyclic) bond motifs is 1. The summed E-state index contributed by atoms with van der Waals surface area (Å²) in [6.07, 6.45) is 7.14. The van der Waals surface area contributed by atoms with E-state index >= 15 is 0 Å². The maximum Gasteiger partial charge on any atom is 0.269 e. The normalized spacial score (nSPS) is 18.1. The monoisotopic (exact) mass is 481 g/mol. The highest BCUT2D eigenvalue weighted by Gasteiger charge is 2.38.